The van der Waals surface area contributed by atoms with Crippen molar-refractivity contribution in [2.45, 2.75) is 24.9 Å². The van der Waals surface area contributed by atoms with Crippen LogP contribution in [0.1, 0.15) is 12.8 Å². The molecule has 2 fully saturated rings. The molecule has 2 aliphatic heterocycles. The number of nitrogens with zero attached hydrogens (tertiary/aromatic N) is 2. The molecule has 0 spiro atoms. The number of amides is 1. The Bertz CT molecular complexity index is 220. The normalized spacial score (nSPS) is 35.2. The lowest BCUT2D eigenvalue weighted by molar-refractivity contribution is -0.139. The van der Waals surface area contributed by atoms with E-state index >= 15 is 0 Å². The molecule has 0 saturated carbocycles. The summed E-state index contributed by atoms with van der Waals surface area (Å²) in [6, 6.07) is 0.276. The van der Waals surface area contributed by atoms with Gasteiger partial charge in [0, 0.05) is 26.2 Å². The van der Waals surface area contributed by atoms with Crippen molar-refractivity contribution in [3.8, 4) is 0 Å². The number of aliphatic hydroxyl groups excluding tert-OH is 1. The molecule has 0 aromatic carbocycles. The van der Waals surface area contributed by atoms with Gasteiger partial charge in [-0.15, -0.1) is 0 Å². The quantitative estimate of drug-likeness (QED) is 0.585. The summed E-state index contributed by atoms with van der Waals surface area (Å²) in [6.45, 7) is 1.90. The number of hydrogen-bond donors (Lipinski definition) is 1. The Kier molecular flexibility index (Phi) is 2.26. The largest absolute Gasteiger partial charge is 0.395 e. The minimum Gasteiger partial charge on any atom is -0.395 e. The van der Waals surface area contributed by atoms with Crippen molar-refractivity contribution in [3.63, 3.8) is 0 Å². The number of hydrogen-bond acceptors (Lipinski definition) is 3. The SMILES string of the molecule is CN1CCN2C(CO)CCC2C1=O. The third-order valence-electron chi connectivity index (χ3n) is 3.21. The second-order valence-electron chi connectivity index (χ2n) is 3.93. The minimum atomic E-state index is 0.0518. The maximum Gasteiger partial charge on any atom is 0.239 e. The molecular weight excluding hydrogens is 168 g/mol. The molecule has 2 rings (SSSR count). The van der Waals surface area contributed by atoms with Crippen LogP contribution in [-0.2, 0) is 4.79 Å². The molecule has 4 nitrogen and oxygen atoms in total. The minimum absolute atomic E-state index is 0.0518. The Morgan fingerprint density at radius 3 is 2.92 bits per heavy atom. The summed E-state index contributed by atoms with van der Waals surface area (Å²) in [5.74, 6) is 0.224. The Morgan fingerprint density at radius 1 is 1.46 bits per heavy atom. The van der Waals surface area contributed by atoms with Crippen molar-refractivity contribution in [3.05, 3.63) is 0 Å². The van der Waals surface area contributed by atoms with Crippen LogP contribution in [0.3, 0.4) is 0 Å². The first-order valence-corrected chi connectivity index (χ1v) is 4.85. The van der Waals surface area contributed by atoms with Gasteiger partial charge in [-0.25, -0.2) is 0 Å². The average Bonchev–Trinajstić information content (AvgIpc) is 2.55. The second-order valence-corrected chi connectivity index (χ2v) is 3.93. The molecule has 0 aliphatic carbocycles. The summed E-state index contributed by atoms with van der Waals surface area (Å²) in [4.78, 5) is 15.6. The van der Waals surface area contributed by atoms with Gasteiger partial charge >= 0.3 is 0 Å². The fourth-order valence-electron chi connectivity index (χ4n) is 2.37. The van der Waals surface area contributed by atoms with E-state index < -0.39 is 0 Å². The smallest absolute Gasteiger partial charge is 0.239 e. The molecule has 74 valence electrons. The molecule has 2 heterocycles. The van der Waals surface area contributed by atoms with Crippen molar-refractivity contribution in [1.29, 1.82) is 0 Å². The predicted octanol–water partition coefficient (Wildman–Crippen LogP) is -0.716. The van der Waals surface area contributed by atoms with Crippen LogP contribution >= 0.6 is 0 Å². The number of piperazine rings is 1. The summed E-state index contributed by atoms with van der Waals surface area (Å²) in [7, 11) is 1.85. The van der Waals surface area contributed by atoms with Crippen LogP contribution in [0, 0.1) is 0 Å². The van der Waals surface area contributed by atoms with Gasteiger partial charge in [-0.2, -0.15) is 0 Å². The third-order valence-corrected chi connectivity index (χ3v) is 3.21. The van der Waals surface area contributed by atoms with E-state index in [9.17, 15) is 4.79 Å². The van der Waals surface area contributed by atoms with E-state index in [2.05, 4.69) is 4.90 Å². The van der Waals surface area contributed by atoms with Gasteiger partial charge in [0.2, 0.25) is 5.91 Å². The highest BCUT2D eigenvalue weighted by Gasteiger charge is 2.41. The molecule has 0 bridgehead atoms. The highest BCUT2D eigenvalue weighted by atomic mass is 16.3. The fourth-order valence-corrected chi connectivity index (χ4v) is 2.37. The lowest BCUT2D eigenvalue weighted by Crippen LogP contribution is -2.55. The lowest BCUT2D eigenvalue weighted by Gasteiger charge is -2.37. The first kappa shape index (κ1) is 8.97. The van der Waals surface area contributed by atoms with Gasteiger partial charge < -0.3 is 10.0 Å². The molecule has 1 amide bonds. The number of carbonyl (C=O) groups excluding carboxylic acids is 1. The Balaban J connectivity index is 2.10. The molecular formula is C9H16N2O2. The Hall–Kier alpha value is -0.610. The van der Waals surface area contributed by atoms with Crippen molar-refractivity contribution in [1.82, 2.24) is 9.80 Å². The zero-order valence-corrected chi connectivity index (χ0v) is 7.94. The number of fused-ring (bicyclic) bond motifs is 1. The Morgan fingerprint density at radius 2 is 2.23 bits per heavy atom. The van der Waals surface area contributed by atoms with Gasteiger partial charge in [-0.1, -0.05) is 0 Å². The molecule has 13 heavy (non-hydrogen) atoms. The summed E-state index contributed by atoms with van der Waals surface area (Å²) >= 11 is 0. The molecule has 0 aromatic rings. The van der Waals surface area contributed by atoms with Crippen LogP contribution in [0.25, 0.3) is 0 Å². The van der Waals surface area contributed by atoms with Gasteiger partial charge in [-0.05, 0) is 12.8 Å². The summed E-state index contributed by atoms with van der Waals surface area (Å²) < 4.78 is 0. The molecule has 2 unspecified atom stereocenters. The number of rotatable bonds is 1. The zero-order valence-electron chi connectivity index (χ0n) is 7.94. The first-order valence-electron chi connectivity index (χ1n) is 4.85. The van der Waals surface area contributed by atoms with Crippen LogP contribution in [-0.4, -0.2) is 59.6 Å². The molecule has 2 atom stereocenters. The van der Waals surface area contributed by atoms with Crippen LogP contribution in [0.2, 0.25) is 0 Å². The molecule has 2 aliphatic rings. The van der Waals surface area contributed by atoms with Gasteiger partial charge in [0.15, 0.2) is 0 Å². The summed E-state index contributed by atoms with van der Waals surface area (Å²) in [5, 5.41) is 9.09. The van der Waals surface area contributed by atoms with Crippen molar-refractivity contribution in [2.75, 3.05) is 26.7 Å². The van der Waals surface area contributed by atoms with E-state index in [1.807, 2.05) is 7.05 Å². The number of aliphatic hydroxyl groups is 1. The van der Waals surface area contributed by atoms with Crippen molar-refractivity contribution >= 4 is 5.91 Å². The molecule has 0 aromatic heterocycles. The topological polar surface area (TPSA) is 43.8 Å². The second kappa shape index (κ2) is 3.27. The Labute approximate surface area is 78.1 Å². The summed E-state index contributed by atoms with van der Waals surface area (Å²) in [5.41, 5.74) is 0. The highest BCUT2D eigenvalue weighted by Crippen LogP contribution is 2.27. The van der Waals surface area contributed by atoms with Gasteiger partial charge in [-0.3, -0.25) is 9.69 Å². The van der Waals surface area contributed by atoms with Crippen LogP contribution in [0.5, 0.6) is 0 Å². The number of likely N-dealkylation sites (N-methyl/N-ethyl adjacent to an activating group) is 1. The van der Waals surface area contributed by atoms with Crippen LogP contribution in [0.15, 0.2) is 0 Å². The average molecular weight is 184 g/mol. The van der Waals surface area contributed by atoms with Gasteiger partial charge in [0.25, 0.3) is 0 Å². The van der Waals surface area contributed by atoms with E-state index in [4.69, 9.17) is 5.11 Å². The monoisotopic (exact) mass is 184 g/mol. The first-order chi connectivity index (χ1) is 6.24. The standard InChI is InChI=1S/C9H16N2O2/c1-10-4-5-11-7(6-12)2-3-8(11)9(10)13/h7-8,12H,2-6H2,1H3. The zero-order chi connectivity index (χ0) is 9.42. The van der Waals surface area contributed by atoms with Gasteiger partial charge in [0.05, 0.1) is 12.6 Å². The van der Waals surface area contributed by atoms with E-state index in [0.29, 0.717) is 0 Å². The maximum absolute atomic E-state index is 11.7. The van der Waals surface area contributed by atoms with Gasteiger partial charge in [0.1, 0.15) is 0 Å². The van der Waals surface area contributed by atoms with Crippen molar-refractivity contribution in [2.24, 2.45) is 0 Å². The number of carbonyl (C=O) groups is 1. The lowest BCUT2D eigenvalue weighted by atomic mass is 10.1. The van der Waals surface area contributed by atoms with Crippen LogP contribution in [0.4, 0.5) is 0 Å². The van der Waals surface area contributed by atoms with E-state index in [0.717, 1.165) is 25.9 Å². The molecule has 0 radical (unpaired) electrons. The summed E-state index contributed by atoms with van der Waals surface area (Å²) in [6.07, 6.45) is 1.87. The molecule has 2 saturated heterocycles. The third kappa shape index (κ3) is 1.34. The molecule has 4 heteroatoms. The van der Waals surface area contributed by atoms with E-state index in [1.54, 1.807) is 4.90 Å². The predicted molar refractivity (Wildman–Crippen MR) is 48.2 cm³/mol. The highest BCUT2D eigenvalue weighted by molar-refractivity contribution is 5.82. The fraction of sp³-hybridized carbons (Fsp3) is 0.889. The van der Waals surface area contributed by atoms with E-state index in [1.165, 1.54) is 0 Å². The van der Waals surface area contributed by atoms with Crippen molar-refractivity contribution < 1.29 is 9.90 Å². The van der Waals surface area contributed by atoms with Crippen LogP contribution < -0.4 is 0 Å². The van der Waals surface area contributed by atoms with E-state index in [-0.39, 0.29) is 24.6 Å². The maximum atomic E-state index is 11.7. The molecule has 1 N–H and O–H groups in total.